The van der Waals surface area contributed by atoms with Gasteiger partial charge in [-0.2, -0.15) is 0 Å². The smallest absolute Gasteiger partial charge is 0.239 e. The van der Waals surface area contributed by atoms with Gasteiger partial charge in [-0.25, -0.2) is 0 Å². The van der Waals surface area contributed by atoms with Crippen LogP contribution in [-0.4, -0.2) is 37.0 Å². The molecule has 2 aromatic carbocycles. The lowest BCUT2D eigenvalue weighted by molar-refractivity contribution is -0.126. The van der Waals surface area contributed by atoms with Gasteiger partial charge in [0.1, 0.15) is 0 Å². The summed E-state index contributed by atoms with van der Waals surface area (Å²) in [5, 5.41) is 8.58. The average molecular weight is 368 g/mol. The molecular formula is C21H28N4O2. The second-order valence-electron chi connectivity index (χ2n) is 6.59. The maximum absolute atomic E-state index is 12.1. The number of benzene rings is 2. The van der Waals surface area contributed by atoms with Crippen molar-refractivity contribution in [1.29, 1.82) is 0 Å². The zero-order chi connectivity index (χ0) is 19.5. The summed E-state index contributed by atoms with van der Waals surface area (Å²) in [6.45, 7) is 2.55. The Morgan fingerprint density at radius 3 is 2.07 bits per heavy atom. The predicted molar refractivity (Wildman–Crippen MR) is 107 cm³/mol. The van der Waals surface area contributed by atoms with Crippen LogP contribution in [0, 0.1) is 0 Å². The molecule has 0 aliphatic heterocycles. The molecule has 0 aromatic heterocycles. The average Bonchev–Trinajstić information content (AvgIpc) is 2.67. The van der Waals surface area contributed by atoms with Crippen LogP contribution in [0.25, 0.3) is 0 Å². The Morgan fingerprint density at radius 1 is 0.889 bits per heavy atom. The number of amides is 2. The first-order valence-electron chi connectivity index (χ1n) is 9.15. The molecule has 0 saturated heterocycles. The third-order valence-corrected chi connectivity index (χ3v) is 4.18. The van der Waals surface area contributed by atoms with E-state index in [-0.39, 0.29) is 37.0 Å². The van der Waals surface area contributed by atoms with Crippen molar-refractivity contribution >= 4 is 11.8 Å². The SMILES string of the molecule is CC(N)C(Cc1ccccc1)NC(=O)CNC(=O)CNCc1ccccc1. The summed E-state index contributed by atoms with van der Waals surface area (Å²) in [5.74, 6) is -0.467. The molecule has 0 radical (unpaired) electrons. The lowest BCUT2D eigenvalue weighted by Gasteiger charge is -2.22. The van der Waals surface area contributed by atoms with Crippen LogP contribution in [0.1, 0.15) is 18.1 Å². The largest absolute Gasteiger partial charge is 0.350 e. The van der Waals surface area contributed by atoms with Gasteiger partial charge in [-0.05, 0) is 24.5 Å². The summed E-state index contributed by atoms with van der Waals surface area (Å²) in [6.07, 6.45) is 0.650. The van der Waals surface area contributed by atoms with Crippen molar-refractivity contribution in [2.75, 3.05) is 13.1 Å². The topological polar surface area (TPSA) is 96.2 Å². The minimum absolute atomic E-state index is 0.0656. The standard InChI is InChI=1S/C21H28N4O2/c1-16(22)19(12-17-8-4-2-5-9-17)25-21(27)15-24-20(26)14-23-13-18-10-6-3-7-11-18/h2-11,16,19,23H,12-15,22H2,1H3,(H,24,26)(H,25,27). The van der Waals surface area contributed by atoms with Gasteiger partial charge >= 0.3 is 0 Å². The molecule has 2 rings (SSSR count). The third kappa shape index (κ3) is 8.02. The zero-order valence-electron chi connectivity index (χ0n) is 15.7. The maximum Gasteiger partial charge on any atom is 0.239 e. The Kier molecular flexibility index (Phi) is 8.48. The highest BCUT2D eigenvalue weighted by molar-refractivity contribution is 5.85. The number of nitrogens with two attached hydrogens (primary N) is 1. The molecule has 0 spiro atoms. The van der Waals surface area contributed by atoms with E-state index in [9.17, 15) is 9.59 Å². The third-order valence-electron chi connectivity index (χ3n) is 4.18. The van der Waals surface area contributed by atoms with Gasteiger partial charge in [-0.3, -0.25) is 9.59 Å². The molecule has 27 heavy (non-hydrogen) atoms. The van der Waals surface area contributed by atoms with E-state index in [2.05, 4.69) is 16.0 Å². The second-order valence-corrected chi connectivity index (χ2v) is 6.59. The molecule has 0 fully saturated rings. The Bertz CT molecular complexity index is 705. The Labute approximate surface area is 160 Å². The van der Waals surface area contributed by atoms with Gasteiger partial charge in [-0.15, -0.1) is 0 Å². The minimum Gasteiger partial charge on any atom is -0.350 e. The summed E-state index contributed by atoms with van der Waals surface area (Å²) < 4.78 is 0. The zero-order valence-corrected chi connectivity index (χ0v) is 15.7. The Morgan fingerprint density at radius 2 is 1.48 bits per heavy atom. The van der Waals surface area contributed by atoms with Crippen molar-refractivity contribution in [3.05, 3.63) is 71.8 Å². The summed E-state index contributed by atoms with van der Waals surface area (Å²) in [4.78, 5) is 24.0. The lowest BCUT2D eigenvalue weighted by Crippen LogP contribution is -2.50. The number of hydrogen-bond donors (Lipinski definition) is 4. The monoisotopic (exact) mass is 368 g/mol. The first kappa shape index (κ1) is 20.6. The minimum atomic E-state index is -0.246. The lowest BCUT2D eigenvalue weighted by atomic mass is 10.0. The van der Waals surface area contributed by atoms with Crippen LogP contribution in [0.2, 0.25) is 0 Å². The van der Waals surface area contributed by atoms with Crippen molar-refractivity contribution in [2.45, 2.75) is 32.0 Å². The van der Waals surface area contributed by atoms with Gasteiger partial charge < -0.3 is 21.7 Å². The van der Waals surface area contributed by atoms with Gasteiger partial charge in [0.15, 0.2) is 0 Å². The highest BCUT2D eigenvalue weighted by Crippen LogP contribution is 2.05. The maximum atomic E-state index is 12.1. The molecule has 0 aliphatic rings. The second kappa shape index (κ2) is 11.1. The molecule has 0 saturated carbocycles. The van der Waals surface area contributed by atoms with Gasteiger partial charge in [-0.1, -0.05) is 60.7 Å². The number of carbonyl (C=O) groups is 2. The molecule has 6 nitrogen and oxygen atoms in total. The highest BCUT2D eigenvalue weighted by Gasteiger charge is 2.17. The fourth-order valence-electron chi connectivity index (χ4n) is 2.65. The van der Waals surface area contributed by atoms with Crippen LogP contribution in [0.15, 0.2) is 60.7 Å². The van der Waals surface area contributed by atoms with Crippen molar-refractivity contribution in [3.63, 3.8) is 0 Å². The summed E-state index contributed by atoms with van der Waals surface area (Å²) in [6, 6.07) is 19.3. The number of hydrogen-bond acceptors (Lipinski definition) is 4. The van der Waals surface area contributed by atoms with E-state index in [1.54, 1.807) is 0 Å². The van der Waals surface area contributed by atoms with E-state index in [4.69, 9.17) is 5.73 Å². The first-order valence-corrected chi connectivity index (χ1v) is 9.15. The molecule has 0 bridgehead atoms. The summed E-state index contributed by atoms with van der Waals surface area (Å²) >= 11 is 0. The predicted octanol–water partition coefficient (Wildman–Crippen LogP) is 0.967. The number of rotatable bonds is 10. The summed E-state index contributed by atoms with van der Waals surface area (Å²) in [7, 11) is 0. The quantitative estimate of drug-likeness (QED) is 0.502. The van der Waals surface area contributed by atoms with Crippen LogP contribution in [-0.2, 0) is 22.6 Å². The highest BCUT2D eigenvalue weighted by atomic mass is 16.2. The van der Waals surface area contributed by atoms with Crippen LogP contribution in [0.4, 0.5) is 0 Å². The molecule has 2 aromatic rings. The molecule has 0 aliphatic carbocycles. The molecule has 5 N–H and O–H groups in total. The molecular weight excluding hydrogens is 340 g/mol. The van der Waals surface area contributed by atoms with Crippen LogP contribution < -0.4 is 21.7 Å². The first-order chi connectivity index (χ1) is 13.0. The van der Waals surface area contributed by atoms with Crippen molar-refractivity contribution < 1.29 is 9.59 Å². The fraction of sp³-hybridized carbons (Fsp3) is 0.333. The van der Waals surface area contributed by atoms with Crippen molar-refractivity contribution in [1.82, 2.24) is 16.0 Å². The van der Waals surface area contributed by atoms with Gasteiger partial charge in [0, 0.05) is 18.6 Å². The molecule has 2 amide bonds. The van der Waals surface area contributed by atoms with E-state index < -0.39 is 0 Å². The fourth-order valence-corrected chi connectivity index (χ4v) is 2.65. The Balaban J connectivity index is 1.69. The van der Waals surface area contributed by atoms with E-state index in [0.29, 0.717) is 13.0 Å². The molecule has 2 unspecified atom stereocenters. The van der Waals surface area contributed by atoms with Gasteiger partial charge in [0.2, 0.25) is 11.8 Å². The molecule has 144 valence electrons. The molecule has 6 heteroatoms. The normalized spacial score (nSPS) is 12.8. The molecule has 0 heterocycles. The Hall–Kier alpha value is -2.70. The van der Waals surface area contributed by atoms with Crippen LogP contribution in [0.5, 0.6) is 0 Å². The molecule has 2 atom stereocenters. The van der Waals surface area contributed by atoms with E-state index in [0.717, 1.165) is 11.1 Å². The number of nitrogens with one attached hydrogen (secondary N) is 3. The van der Waals surface area contributed by atoms with Gasteiger partial charge in [0.25, 0.3) is 0 Å². The number of carbonyl (C=O) groups excluding carboxylic acids is 2. The van der Waals surface area contributed by atoms with Crippen LogP contribution in [0.3, 0.4) is 0 Å². The van der Waals surface area contributed by atoms with E-state index in [1.165, 1.54) is 0 Å². The van der Waals surface area contributed by atoms with Crippen molar-refractivity contribution in [2.24, 2.45) is 5.73 Å². The van der Waals surface area contributed by atoms with Crippen LogP contribution >= 0.6 is 0 Å². The van der Waals surface area contributed by atoms with E-state index in [1.807, 2.05) is 67.6 Å². The van der Waals surface area contributed by atoms with Gasteiger partial charge in [0.05, 0.1) is 13.1 Å². The summed E-state index contributed by atoms with van der Waals surface area (Å²) in [5.41, 5.74) is 8.20. The van der Waals surface area contributed by atoms with E-state index >= 15 is 0 Å². The van der Waals surface area contributed by atoms with Crippen molar-refractivity contribution in [3.8, 4) is 0 Å².